The Morgan fingerprint density at radius 3 is 2.70 bits per heavy atom. The number of hydrogen-bond donors (Lipinski definition) is 0. The first-order chi connectivity index (χ1) is 4.78. The van der Waals surface area contributed by atoms with Gasteiger partial charge in [0.1, 0.15) is 5.78 Å². The standard InChI is InChI=1S/C8H9NO/c9-5-8-3-1-6(8)7(10)2-4-8/h6H,1-4H2/t6-,8+/m0/s1. The van der Waals surface area contributed by atoms with Gasteiger partial charge in [0, 0.05) is 12.3 Å². The van der Waals surface area contributed by atoms with Crippen LogP contribution >= 0.6 is 0 Å². The van der Waals surface area contributed by atoms with Crippen LogP contribution in [0.3, 0.4) is 0 Å². The van der Waals surface area contributed by atoms with Crippen LogP contribution in [-0.2, 0) is 4.79 Å². The molecule has 2 saturated carbocycles. The quantitative estimate of drug-likeness (QED) is 0.502. The number of fused-ring (bicyclic) bond motifs is 1. The van der Waals surface area contributed by atoms with Crippen molar-refractivity contribution in [3.8, 4) is 6.07 Å². The van der Waals surface area contributed by atoms with Crippen molar-refractivity contribution in [3.05, 3.63) is 0 Å². The molecule has 0 heterocycles. The van der Waals surface area contributed by atoms with Crippen LogP contribution < -0.4 is 0 Å². The van der Waals surface area contributed by atoms with Crippen molar-refractivity contribution >= 4 is 5.78 Å². The van der Waals surface area contributed by atoms with E-state index >= 15 is 0 Å². The molecular formula is C8H9NO. The molecule has 0 unspecified atom stereocenters. The van der Waals surface area contributed by atoms with E-state index in [0.717, 1.165) is 19.3 Å². The van der Waals surface area contributed by atoms with Gasteiger partial charge in [0.2, 0.25) is 0 Å². The minimum Gasteiger partial charge on any atom is -0.299 e. The molecule has 0 aliphatic heterocycles. The van der Waals surface area contributed by atoms with E-state index in [1.807, 2.05) is 0 Å². The number of rotatable bonds is 0. The Labute approximate surface area is 59.8 Å². The SMILES string of the molecule is N#C[C@@]12CCC(=O)[C@@H]1CC2. The van der Waals surface area contributed by atoms with E-state index in [2.05, 4.69) is 6.07 Å². The summed E-state index contributed by atoms with van der Waals surface area (Å²) < 4.78 is 0. The molecule has 2 rings (SSSR count). The first-order valence-electron chi connectivity index (χ1n) is 3.72. The number of hydrogen-bond acceptors (Lipinski definition) is 2. The second kappa shape index (κ2) is 1.60. The Balaban J connectivity index is 2.30. The predicted molar refractivity (Wildman–Crippen MR) is 35.0 cm³/mol. The van der Waals surface area contributed by atoms with E-state index in [0.29, 0.717) is 12.2 Å². The molecule has 2 aliphatic rings. The van der Waals surface area contributed by atoms with Gasteiger partial charge in [0.05, 0.1) is 11.5 Å². The smallest absolute Gasteiger partial charge is 0.137 e. The van der Waals surface area contributed by atoms with E-state index in [1.165, 1.54) is 0 Å². The lowest BCUT2D eigenvalue weighted by Crippen LogP contribution is -2.36. The van der Waals surface area contributed by atoms with E-state index in [9.17, 15) is 4.79 Å². The van der Waals surface area contributed by atoms with Crippen LogP contribution in [0.15, 0.2) is 0 Å². The van der Waals surface area contributed by atoms with E-state index in [4.69, 9.17) is 5.26 Å². The molecule has 10 heavy (non-hydrogen) atoms. The third-order valence-electron chi connectivity index (χ3n) is 2.97. The Morgan fingerprint density at radius 2 is 2.40 bits per heavy atom. The van der Waals surface area contributed by atoms with Gasteiger partial charge < -0.3 is 0 Å². The second-order valence-electron chi connectivity index (χ2n) is 3.33. The first-order valence-corrected chi connectivity index (χ1v) is 3.72. The highest BCUT2D eigenvalue weighted by Gasteiger charge is 2.54. The van der Waals surface area contributed by atoms with Crippen LogP contribution in [0, 0.1) is 22.7 Å². The van der Waals surface area contributed by atoms with E-state index in [1.54, 1.807) is 0 Å². The maximum Gasteiger partial charge on any atom is 0.137 e. The lowest BCUT2D eigenvalue weighted by Gasteiger charge is -2.37. The fourth-order valence-electron chi connectivity index (χ4n) is 2.12. The van der Waals surface area contributed by atoms with Crippen molar-refractivity contribution in [2.24, 2.45) is 11.3 Å². The molecule has 0 aromatic carbocycles. The van der Waals surface area contributed by atoms with Gasteiger partial charge in [-0.05, 0) is 19.3 Å². The summed E-state index contributed by atoms with van der Waals surface area (Å²) in [6.45, 7) is 0. The van der Waals surface area contributed by atoms with E-state index in [-0.39, 0.29) is 11.3 Å². The molecule has 0 spiro atoms. The molecule has 2 fully saturated rings. The number of carbonyl (C=O) groups excluding carboxylic acids is 1. The van der Waals surface area contributed by atoms with Gasteiger partial charge in [-0.3, -0.25) is 4.79 Å². The monoisotopic (exact) mass is 135 g/mol. The summed E-state index contributed by atoms with van der Waals surface area (Å²) in [5, 5.41) is 8.76. The Kier molecular flexibility index (Phi) is 0.947. The zero-order valence-electron chi connectivity index (χ0n) is 5.76. The van der Waals surface area contributed by atoms with Gasteiger partial charge >= 0.3 is 0 Å². The fraction of sp³-hybridized carbons (Fsp3) is 0.750. The molecule has 2 atom stereocenters. The Hall–Kier alpha value is -0.840. The van der Waals surface area contributed by atoms with Crippen LogP contribution in [0.1, 0.15) is 25.7 Å². The van der Waals surface area contributed by atoms with Gasteiger partial charge in [0.25, 0.3) is 0 Å². The Bertz CT molecular complexity index is 228. The number of nitrogens with zero attached hydrogens (tertiary/aromatic N) is 1. The van der Waals surface area contributed by atoms with Crippen LogP contribution in [0.4, 0.5) is 0 Å². The van der Waals surface area contributed by atoms with E-state index < -0.39 is 0 Å². The average Bonchev–Trinajstić information content (AvgIpc) is 2.06. The van der Waals surface area contributed by atoms with Crippen molar-refractivity contribution in [2.75, 3.05) is 0 Å². The molecule has 0 amide bonds. The van der Waals surface area contributed by atoms with Crippen LogP contribution in [0.2, 0.25) is 0 Å². The van der Waals surface area contributed by atoms with Gasteiger partial charge in [-0.2, -0.15) is 5.26 Å². The molecule has 2 heteroatoms. The number of ketones is 1. The summed E-state index contributed by atoms with van der Waals surface area (Å²) in [7, 11) is 0. The second-order valence-corrected chi connectivity index (χ2v) is 3.33. The maximum absolute atomic E-state index is 11.0. The van der Waals surface area contributed by atoms with Crippen molar-refractivity contribution in [2.45, 2.75) is 25.7 Å². The highest BCUT2D eigenvalue weighted by atomic mass is 16.1. The third kappa shape index (κ3) is 0.465. The lowest BCUT2D eigenvalue weighted by atomic mass is 9.63. The topological polar surface area (TPSA) is 40.9 Å². The number of carbonyl (C=O) groups is 1. The van der Waals surface area contributed by atoms with Gasteiger partial charge in [0.15, 0.2) is 0 Å². The van der Waals surface area contributed by atoms with Crippen LogP contribution in [0.5, 0.6) is 0 Å². The summed E-state index contributed by atoms with van der Waals surface area (Å²) in [5.41, 5.74) is -0.197. The van der Waals surface area contributed by atoms with Gasteiger partial charge in [-0.1, -0.05) is 0 Å². The normalized spacial score (nSPS) is 43.9. The molecule has 2 nitrogen and oxygen atoms in total. The molecule has 0 radical (unpaired) electrons. The van der Waals surface area contributed by atoms with Gasteiger partial charge in [-0.15, -0.1) is 0 Å². The summed E-state index contributed by atoms with van der Waals surface area (Å²) in [6, 6.07) is 2.29. The highest BCUT2D eigenvalue weighted by molar-refractivity contribution is 5.86. The minimum absolute atomic E-state index is 0.123. The summed E-state index contributed by atoms with van der Waals surface area (Å²) in [4.78, 5) is 11.0. The van der Waals surface area contributed by atoms with Crippen molar-refractivity contribution in [1.82, 2.24) is 0 Å². The molecule has 0 aromatic rings. The summed E-state index contributed by atoms with van der Waals surface area (Å²) in [6.07, 6.45) is 3.40. The van der Waals surface area contributed by atoms with Gasteiger partial charge in [-0.25, -0.2) is 0 Å². The average molecular weight is 135 g/mol. The van der Waals surface area contributed by atoms with Crippen LogP contribution in [-0.4, -0.2) is 5.78 Å². The molecule has 2 aliphatic carbocycles. The molecular weight excluding hydrogens is 126 g/mol. The predicted octanol–water partition coefficient (Wildman–Crippen LogP) is 1.27. The Morgan fingerprint density at radius 1 is 1.60 bits per heavy atom. The molecule has 0 aromatic heterocycles. The van der Waals surface area contributed by atoms with Crippen molar-refractivity contribution in [1.29, 1.82) is 5.26 Å². The maximum atomic E-state index is 11.0. The summed E-state index contributed by atoms with van der Waals surface area (Å²) >= 11 is 0. The van der Waals surface area contributed by atoms with Crippen molar-refractivity contribution in [3.63, 3.8) is 0 Å². The molecule has 0 bridgehead atoms. The zero-order valence-corrected chi connectivity index (χ0v) is 5.76. The number of nitriles is 1. The minimum atomic E-state index is -0.197. The fourth-order valence-corrected chi connectivity index (χ4v) is 2.12. The lowest BCUT2D eigenvalue weighted by molar-refractivity contribution is -0.124. The van der Waals surface area contributed by atoms with Crippen molar-refractivity contribution < 1.29 is 4.79 Å². The molecule has 0 saturated heterocycles. The largest absolute Gasteiger partial charge is 0.299 e. The highest BCUT2D eigenvalue weighted by Crippen LogP contribution is 2.55. The first kappa shape index (κ1) is 5.91. The zero-order chi connectivity index (χ0) is 7.19. The summed E-state index contributed by atoms with van der Waals surface area (Å²) in [5.74, 6) is 0.449. The molecule has 0 N–H and O–H groups in total. The molecule has 52 valence electrons. The van der Waals surface area contributed by atoms with Crippen LogP contribution in [0.25, 0.3) is 0 Å². The third-order valence-corrected chi connectivity index (χ3v) is 2.97. The number of Topliss-reactive ketones (excluding diaryl/α,β-unsaturated/α-hetero) is 1.